The van der Waals surface area contributed by atoms with Gasteiger partial charge in [-0.05, 0) is 26.2 Å². The van der Waals surface area contributed by atoms with Gasteiger partial charge in [0.15, 0.2) is 0 Å². The first-order valence-corrected chi connectivity index (χ1v) is 5.03. The lowest BCUT2D eigenvalue weighted by molar-refractivity contribution is -0.125. The third kappa shape index (κ3) is 5.45. The Morgan fingerprint density at radius 2 is 2.15 bits per heavy atom. The highest BCUT2D eigenvalue weighted by atomic mass is 16.1. The molecule has 0 fully saturated rings. The summed E-state index contributed by atoms with van der Waals surface area (Å²) >= 11 is 0. The van der Waals surface area contributed by atoms with Gasteiger partial charge in [0.2, 0.25) is 5.91 Å². The van der Waals surface area contributed by atoms with Crippen molar-refractivity contribution < 1.29 is 4.79 Å². The van der Waals surface area contributed by atoms with Gasteiger partial charge >= 0.3 is 0 Å². The first kappa shape index (κ1) is 12.2. The van der Waals surface area contributed by atoms with Gasteiger partial charge in [-0.2, -0.15) is 0 Å². The third-order valence-corrected chi connectivity index (χ3v) is 2.25. The maximum Gasteiger partial charge on any atom is 0.223 e. The molecule has 0 aromatic carbocycles. The molecule has 0 saturated heterocycles. The fourth-order valence-corrected chi connectivity index (χ4v) is 1.01. The van der Waals surface area contributed by atoms with Gasteiger partial charge in [-0.25, -0.2) is 0 Å². The molecule has 0 aromatic heterocycles. The number of nitrogens with one attached hydrogen (secondary N) is 1. The van der Waals surface area contributed by atoms with Gasteiger partial charge in [0.05, 0.1) is 0 Å². The summed E-state index contributed by atoms with van der Waals surface area (Å²) in [6.07, 6.45) is 4.72. The van der Waals surface area contributed by atoms with E-state index in [0.29, 0.717) is 0 Å². The van der Waals surface area contributed by atoms with E-state index in [1.54, 1.807) is 0 Å². The third-order valence-electron chi connectivity index (χ3n) is 2.25. The van der Waals surface area contributed by atoms with Crippen molar-refractivity contribution in [2.45, 2.75) is 46.1 Å². The van der Waals surface area contributed by atoms with Crippen molar-refractivity contribution in [3.63, 3.8) is 0 Å². The van der Waals surface area contributed by atoms with Gasteiger partial charge in [-0.1, -0.05) is 19.9 Å². The Morgan fingerprint density at radius 1 is 1.54 bits per heavy atom. The highest BCUT2D eigenvalue weighted by Gasteiger charge is 2.12. The number of allylic oxidation sites excluding steroid dienone is 1. The Balaban J connectivity index is 3.70. The Hall–Kier alpha value is -0.790. The minimum absolute atomic E-state index is 0.131. The van der Waals surface area contributed by atoms with Gasteiger partial charge in [0.1, 0.15) is 0 Å². The molecule has 1 amide bonds. The Morgan fingerprint density at radius 3 is 2.62 bits per heavy atom. The minimum Gasteiger partial charge on any atom is -0.353 e. The summed E-state index contributed by atoms with van der Waals surface area (Å²) in [5.41, 5.74) is 0. The standard InChI is InChI=1S/C11H21NO/c1-5-7-8-10(4)12-11(13)9(3)6-2/h5,9-10H,1,6-8H2,2-4H3,(H,12,13). The Bertz CT molecular complexity index is 165. The molecular formula is C11H21NO. The van der Waals surface area contributed by atoms with E-state index in [1.165, 1.54) is 0 Å². The van der Waals surface area contributed by atoms with Crippen molar-refractivity contribution in [2.75, 3.05) is 0 Å². The first-order chi connectivity index (χ1) is 6.11. The van der Waals surface area contributed by atoms with Crippen molar-refractivity contribution in [3.05, 3.63) is 12.7 Å². The molecule has 0 saturated carbocycles. The normalized spacial score (nSPS) is 14.7. The highest BCUT2D eigenvalue weighted by molar-refractivity contribution is 5.78. The van der Waals surface area contributed by atoms with Crippen LogP contribution < -0.4 is 5.32 Å². The molecule has 2 atom stereocenters. The van der Waals surface area contributed by atoms with Crippen molar-refractivity contribution in [2.24, 2.45) is 5.92 Å². The molecule has 0 aliphatic heterocycles. The SMILES string of the molecule is C=CCCC(C)NC(=O)C(C)CC. The molecule has 13 heavy (non-hydrogen) atoms. The van der Waals surface area contributed by atoms with E-state index < -0.39 is 0 Å². The molecule has 0 heterocycles. The van der Waals surface area contributed by atoms with E-state index in [9.17, 15) is 4.79 Å². The van der Waals surface area contributed by atoms with Crippen LogP contribution in [0, 0.1) is 5.92 Å². The average molecular weight is 183 g/mol. The topological polar surface area (TPSA) is 29.1 Å². The number of hydrogen-bond donors (Lipinski definition) is 1. The van der Waals surface area contributed by atoms with Crippen LogP contribution in [-0.2, 0) is 4.79 Å². The van der Waals surface area contributed by atoms with Crippen LogP contribution >= 0.6 is 0 Å². The quantitative estimate of drug-likeness (QED) is 0.630. The second-order valence-corrected chi connectivity index (χ2v) is 3.58. The van der Waals surface area contributed by atoms with Crippen LogP contribution in [0.2, 0.25) is 0 Å². The zero-order valence-corrected chi connectivity index (χ0v) is 8.97. The van der Waals surface area contributed by atoms with Crippen LogP contribution in [0.5, 0.6) is 0 Å². The number of rotatable bonds is 6. The molecule has 76 valence electrons. The molecule has 2 nitrogen and oxygen atoms in total. The summed E-state index contributed by atoms with van der Waals surface area (Å²) in [6.45, 7) is 9.66. The van der Waals surface area contributed by atoms with E-state index in [-0.39, 0.29) is 17.9 Å². The van der Waals surface area contributed by atoms with E-state index in [4.69, 9.17) is 0 Å². The second kappa shape index (κ2) is 6.70. The van der Waals surface area contributed by atoms with Gasteiger partial charge in [0, 0.05) is 12.0 Å². The molecule has 0 radical (unpaired) electrons. The fourth-order valence-electron chi connectivity index (χ4n) is 1.01. The highest BCUT2D eigenvalue weighted by Crippen LogP contribution is 2.03. The maximum atomic E-state index is 11.4. The zero-order chi connectivity index (χ0) is 10.3. The molecule has 0 aliphatic rings. The summed E-state index contributed by atoms with van der Waals surface area (Å²) in [5, 5.41) is 2.98. The summed E-state index contributed by atoms with van der Waals surface area (Å²) in [6, 6.07) is 0.263. The van der Waals surface area contributed by atoms with Gasteiger partial charge < -0.3 is 5.32 Å². The lowest BCUT2D eigenvalue weighted by Crippen LogP contribution is -2.36. The van der Waals surface area contributed by atoms with E-state index in [1.807, 2.05) is 26.8 Å². The molecule has 0 bridgehead atoms. The molecule has 2 heteroatoms. The van der Waals surface area contributed by atoms with Crippen molar-refractivity contribution in [1.82, 2.24) is 5.32 Å². The lowest BCUT2D eigenvalue weighted by atomic mass is 10.1. The number of amides is 1. The summed E-state index contributed by atoms with van der Waals surface area (Å²) in [5.74, 6) is 0.297. The van der Waals surface area contributed by atoms with Crippen LogP contribution in [0.3, 0.4) is 0 Å². The lowest BCUT2D eigenvalue weighted by Gasteiger charge is -2.15. The molecule has 0 spiro atoms. The van der Waals surface area contributed by atoms with Crippen LogP contribution in [0.15, 0.2) is 12.7 Å². The van der Waals surface area contributed by atoms with E-state index in [2.05, 4.69) is 11.9 Å². The average Bonchev–Trinajstić information content (AvgIpc) is 2.13. The van der Waals surface area contributed by atoms with Crippen molar-refractivity contribution in [1.29, 1.82) is 0 Å². The fraction of sp³-hybridized carbons (Fsp3) is 0.727. The zero-order valence-electron chi connectivity index (χ0n) is 8.97. The monoisotopic (exact) mass is 183 g/mol. The van der Waals surface area contributed by atoms with Gasteiger partial charge in [-0.3, -0.25) is 4.79 Å². The summed E-state index contributed by atoms with van der Waals surface area (Å²) in [7, 11) is 0. The van der Waals surface area contributed by atoms with Crippen LogP contribution in [0.25, 0.3) is 0 Å². The van der Waals surface area contributed by atoms with Gasteiger partial charge in [0.25, 0.3) is 0 Å². The van der Waals surface area contributed by atoms with E-state index in [0.717, 1.165) is 19.3 Å². The van der Waals surface area contributed by atoms with Crippen molar-refractivity contribution in [3.8, 4) is 0 Å². The maximum absolute atomic E-state index is 11.4. The molecule has 0 aromatic rings. The molecule has 0 rings (SSSR count). The van der Waals surface area contributed by atoms with Crippen LogP contribution in [0.1, 0.15) is 40.0 Å². The number of carbonyl (C=O) groups is 1. The number of carbonyl (C=O) groups excluding carboxylic acids is 1. The number of hydrogen-bond acceptors (Lipinski definition) is 1. The molecule has 1 N–H and O–H groups in total. The second-order valence-electron chi connectivity index (χ2n) is 3.58. The van der Waals surface area contributed by atoms with Crippen LogP contribution in [-0.4, -0.2) is 11.9 Å². The molecule has 2 unspecified atom stereocenters. The summed E-state index contributed by atoms with van der Waals surface area (Å²) < 4.78 is 0. The largest absolute Gasteiger partial charge is 0.353 e. The van der Waals surface area contributed by atoms with Crippen LogP contribution in [0.4, 0.5) is 0 Å². The molecular weight excluding hydrogens is 162 g/mol. The Kier molecular flexibility index (Phi) is 6.29. The predicted molar refractivity (Wildman–Crippen MR) is 56.5 cm³/mol. The summed E-state index contributed by atoms with van der Waals surface area (Å²) in [4.78, 5) is 11.4. The predicted octanol–water partition coefficient (Wildman–Crippen LogP) is 2.50. The van der Waals surface area contributed by atoms with E-state index >= 15 is 0 Å². The smallest absolute Gasteiger partial charge is 0.223 e. The first-order valence-electron chi connectivity index (χ1n) is 5.03. The van der Waals surface area contributed by atoms with Gasteiger partial charge in [-0.15, -0.1) is 6.58 Å². The molecule has 0 aliphatic carbocycles. The Labute approximate surface area is 81.4 Å². The minimum atomic E-state index is 0.131. The van der Waals surface area contributed by atoms with Crippen molar-refractivity contribution >= 4 is 5.91 Å².